The summed E-state index contributed by atoms with van der Waals surface area (Å²) in [7, 11) is 0. The van der Waals surface area contributed by atoms with Crippen molar-refractivity contribution in [1.29, 1.82) is 0 Å². The lowest BCUT2D eigenvalue weighted by Crippen LogP contribution is -2.50. The number of aryl methyl sites for hydroxylation is 1. The van der Waals surface area contributed by atoms with Crippen LogP contribution in [0.5, 0.6) is 0 Å². The maximum Gasteiger partial charge on any atom is 0.244 e. The van der Waals surface area contributed by atoms with Crippen molar-refractivity contribution in [2.75, 3.05) is 11.4 Å². The predicted molar refractivity (Wildman–Crippen MR) is 87.7 cm³/mol. The molecular weight excluding hydrogens is 291 g/mol. The van der Waals surface area contributed by atoms with Crippen LogP contribution in [0.25, 0.3) is 0 Å². The van der Waals surface area contributed by atoms with E-state index in [-0.39, 0.29) is 23.8 Å². The van der Waals surface area contributed by atoms with Gasteiger partial charge < -0.3 is 4.90 Å². The highest BCUT2D eigenvalue weighted by Gasteiger charge is 2.50. The number of piperazine rings is 1. The molecule has 118 valence electrons. The summed E-state index contributed by atoms with van der Waals surface area (Å²) in [5, 5.41) is 0. The number of para-hydroxylation sites is 1. The van der Waals surface area contributed by atoms with E-state index in [2.05, 4.69) is 24.0 Å². The molecule has 2 atom stereocenters. The first-order valence-electron chi connectivity index (χ1n) is 8.01. The maximum atomic E-state index is 14.0. The second-order valence-corrected chi connectivity index (χ2v) is 6.42. The number of halogens is 1. The van der Waals surface area contributed by atoms with Crippen molar-refractivity contribution in [3.63, 3.8) is 0 Å². The molecule has 0 unspecified atom stereocenters. The topological polar surface area (TPSA) is 23.6 Å². The summed E-state index contributed by atoms with van der Waals surface area (Å²) >= 11 is 0. The molecule has 2 heterocycles. The van der Waals surface area contributed by atoms with Gasteiger partial charge in [0, 0.05) is 13.1 Å². The highest BCUT2D eigenvalue weighted by Crippen LogP contribution is 2.37. The van der Waals surface area contributed by atoms with Crippen LogP contribution in [-0.2, 0) is 11.3 Å². The number of carbonyl (C=O) groups is 1. The number of fused-ring (bicyclic) bond motifs is 2. The molecule has 2 aliphatic rings. The fourth-order valence-corrected chi connectivity index (χ4v) is 3.81. The van der Waals surface area contributed by atoms with E-state index < -0.39 is 0 Å². The quantitative estimate of drug-likeness (QED) is 0.869. The van der Waals surface area contributed by atoms with Gasteiger partial charge in [-0.1, -0.05) is 36.4 Å². The van der Waals surface area contributed by atoms with Crippen LogP contribution >= 0.6 is 0 Å². The normalized spacial score (nSPS) is 23.7. The van der Waals surface area contributed by atoms with Crippen LogP contribution in [0.1, 0.15) is 17.5 Å². The molecule has 2 aromatic rings. The highest BCUT2D eigenvalue weighted by atomic mass is 19.1. The van der Waals surface area contributed by atoms with Gasteiger partial charge in [-0.05, 0) is 36.6 Å². The molecule has 4 heteroatoms. The molecule has 2 fully saturated rings. The fraction of sp³-hybridized carbons (Fsp3) is 0.316. The van der Waals surface area contributed by atoms with Gasteiger partial charge in [-0.15, -0.1) is 0 Å². The van der Waals surface area contributed by atoms with E-state index in [1.54, 1.807) is 23.1 Å². The number of nitrogens with zero attached hydrogens (tertiary/aromatic N) is 2. The van der Waals surface area contributed by atoms with Crippen LogP contribution in [0.4, 0.5) is 10.1 Å². The van der Waals surface area contributed by atoms with Gasteiger partial charge in [0.05, 0.1) is 17.8 Å². The number of amides is 1. The zero-order chi connectivity index (χ0) is 16.0. The van der Waals surface area contributed by atoms with Gasteiger partial charge in [0.15, 0.2) is 0 Å². The third kappa shape index (κ3) is 2.34. The number of likely N-dealkylation sites (tertiary alicyclic amines) is 1. The fourth-order valence-electron chi connectivity index (χ4n) is 3.81. The summed E-state index contributed by atoms with van der Waals surface area (Å²) < 4.78 is 14.0. The number of benzene rings is 2. The zero-order valence-corrected chi connectivity index (χ0v) is 13.1. The van der Waals surface area contributed by atoms with Crippen molar-refractivity contribution in [3.05, 3.63) is 65.5 Å². The maximum absolute atomic E-state index is 14.0. The van der Waals surface area contributed by atoms with Crippen LogP contribution in [0, 0.1) is 12.7 Å². The summed E-state index contributed by atoms with van der Waals surface area (Å²) in [6.07, 6.45) is 0.791. The molecule has 0 saturated carbocycles. The van der Waals surface area contributed by atoms with Crippen molar-refractivity contribution < 1.29 is 9.18 Å². The van der Waals surface area contributed by atoms with Gasteiger partial charge in [-0.2, -0.15) is 0 Å². The molecule has 1 amide bonds. The molecule has 0 spiro atoms. The van der Waals surface area contributed by atoms with Gasteiger partial charge >= 0.3 is 0 Å². The molecule has 0 radical (unpaired) electrons. The van der Waals surface area contributed by atoms with E-state index in [0.29, 0.717) is 5.69 Å². The Hall–Kier alpha value is -2.20. The van der Waals surface area contributed by atoms with E-state index in [4.69, 9.17) is 0 Å². The van der Waals surface area contributed by atoms with Crippen LogP contribution in [0.15, 0.2) is 48.5 Å². The number of hydrogen-bond donors (Lipinski definition) is 0. The summed E-state index contributed by atoms with van der Waals surface area (Å²) in [6, 6.07) is 14.8. The summed E-state index contributed by atoms with van der Waals surface area (Å²) in [4.78, 5) is 16.6. The first-order valence-corrected chi connectivity index (χ1v) is 8.01. The van der Waals surface area contributed by atoms with Crippen molar-refractivity contribution >= 4 is 11.6 Å². The van der Waals surface area contributed by atoms with E-state index in [1.165, 1.54) is 17.2 Å². The van der Waals surface area contributed by atoms with Crippen LogP contribution in [-0.4, -0.2) is 29.4 Å². The minimum Gasteiger partial charge on any atom is -0.304 e. The molecule has 2 saturated heterocycles. The average molecular weight is 310 g/mol. The third-order valence-electron chi connectivity index (χ3n) is 5.02. The van der Waals surface area contributed by atoms with Crippen LogP contribution < -0.4 is 4.90 Å². The van der Waals surface area contributed by atoms with E-state index >= 15 is 0 Å². The van der Waals surface area contributed by atoms with Crippen molar-refractivity contribution in [2.45, 2.75) is 32.0 Å². The number of carbonyl (C=O) groups excluding carboxylic acids is 1. The zero-order valence-electron chi connectivity index (χ0n) is 13.1. The Kier molecular flexibility index (Phi) is 3.42. The van der Waals surface area contributed by atoms with E-state index in [0.717, 1.165) is 19.5 Å². The Labute approximate surface area is 135 Å². The Morgan fingerprint density at radius 2 is 1.87 bits per heavy atom. The predicted octanol–water partition coefficient (Wildman–Crippen LogP) is 3.12. The summed E-state index contributed by atoms with van der Waals surface area (Å²) in [5.41, 5.74) is 2.92. The number of rotatable bonds is 3. The van der Waals surface area contributed by atoms with Gasteiger partial charge in [0.2, 0.25) is 5.91 Å². The van der Waals surface area contributed by atoms with Gasteiger partial charge in [-0.25, -0.2) is 4.39 Å². The molecule has 0 aromatic heterocycles. The Morgan fingerprint density at radius 1 is 1.13 bits per heavy atom. The van der Waals surface area contributed by atoms with Crippen LogP contribution in [0.2, 0.25) is 0 Å². The Balaban J connectivity index is 1.56. The van der Waals surface area contributed by atoms with Crippen molar-refractivity contribution in [3.8, 4) is 0 Å². The second kappa shape index (κ2) is 5.46. The smallest absolute Gasteiger partial charge is 0.244 e. The Bertz CT molecular complexity index is 761. The molecular formula is C19H19FN2O. The molecule has 0 aliphatic carbocycles. The second-order valence-electron chi connectivity index (χ2n) is 6.42. The van der Waals surface area contributed by atoms with E-state index in [9.17, 15) is 9.18 Å². The lowest BCUT2D eigenvalue weighted by Gasteiger charge is -2.34. The van der Waals surface area contributed by atoms with Gasteiger partial charge in [0.25, 0.3) is 0 Å². The van der Waals surface area contributed by atoms with Gasteiger partial charge in [-0.3, -0.25) is 9.69 Å². The minimum atomic E-state index is -0.321. The highest BCUT2D eigenvalue weighted by molar-refractivity contribution is 6.01. The first-order chi connectivity index (χ1) is 11.1. The molecule has 4 rings (SSSR count). The molecule has 3 nitrogen and oxygen atoms in total. The largest absolute Gasteiger partial charge is 0.304 e. The molecule has 2 bridgehead atoms. The minimum absolute atomic E-state index is 0.0277. The molecule has 23 heavy (non-hydrogen) atoms. The van der Waals surface area contributed by atoms with Crippen LogP contribution in [0.3, 0.4) is 0 Å². The standard InChI is InChI=1S/C19H19FN2O/c1-13-6-2-3-7-14(13)11-21-12-15-10-18(21)19(23)22(15)17-9-5-4-8-16(17)20/h2-9,15,18H,10-12H2,1H3/t15-,18-/m0/s1. The number of hydrogen-bond acceptors (Lipinski definition) is 2. The monoisotopic (exact) mass is 310 g/mol. The number of anilines is 1. The van der Waals surface area contributed by atoms with E-state index in [1.807, 2.05) is 12.1 Å². The van der Waals surface area contributed by atoms with Crippen molar-refractivity contribution in [1.82, 2.24) is 4.90 Å². The third-order valence-corrected chi connectivity index (χ3v) is 5.02. The molecule has 0 N–H and O–H groups in total. The lowest BCUT2D eigenvalue weighted by atomic mass is 10.1. The molecule has 2 aliphatic heterocycles. The summed E-state index contributed by atoms with van der Waals surface area (Å²) in [6.45, 7) is 3.68. The lowest BCUT2D eigenvalue weighted by molar-refractivity contribution is -0.122. The average Bonchev–Trinajstić information content (AvgIpc) is 3.08. The SMILES string of the molecule is Cc1ccccc1CN1C[C@@H]2C[C@H]1C(=O)N2c1ccccc1F. The molecule has 2 aromatic carbocycles. The first kappa shape index (κ1) is 14.4. The summed E-state index contributed by atoms with van der Waals surface area (Å²) in [5.74, 6) is -0.293. The van der Waals surface area contributed by atoms with Gasteiger partial charge in [0.1, 0.15) is 5.82 Å². The Morgan fingerprint density at radius 3 is 2.61 bits per heavy atom. The van der Waals surface area contributed by atoms with Crippen molar-refractivity contribution in [2.24, 2.45) is 0 Å².